The highest BCUT2D eigenvalue weighted by Crippen LogP contribution is 2.12. The fraction of sp³-hybridized carbons (Fsp3) is 0.692. The van der Waals surface area contributed by atoms with Gasteiger partial charge in [-0.05, 0) is 26.9 Å². The van der Waals surface area contributed by atoms with Crippen molar-refractivity contribution < 1.29 is 4.74 Å². The molecule has 0 radical (unpaired) electrons. The molecule has 0 amide bonds. The Morgan fingerprint density at radius 1 is 1.22 bits per heavy atom. The Labute approximate surface area is 110 Å². The minimum Gasteiger partial charge on any atom is -0.478 e. The van der Waals surface area contributed by atoms with Gasteiger partial charge in [0, 0.05) is 19.2 Å². The van der Waals surface area contributed by atoms with Gasteiger partial charge in [0.05, 0.1) is 6.61 Å². The van der Waals surface area contributed by atoms with Crippen molar-refractivity contribution in [3.8, 4) is 5.88 Å². The summed E-state index contributed by atoms with van der Waals surface area (Å²) in [6, 6.07) is 1.85. The van der Waals surface area contributed by atoms with Crippen molar-refractivity contribution in [1.29, 1.82) is 0 Å². The average molecular weight is 252 g/mol. The number of rotatable bonds is 8. The van der Waals surface area contributed by atoms with Crippen LogP contribution in [-0.4, -0.2) is 47.7 Å². The van der Waals surface area contributed by atoms with Crippen LogP contribution in [-0.2, 0) is 0 Å². The van der Waals surface area contributed by atoms with Crippen LogP contribution in [0.1, 0.15) is 26.6 Å². The summed E-state index contributed by atoms with van der Waals surface area (Å²) in [7, 11) is 0. The molecule has 0 saturated heterocycles. The highest BCUT2D eigenvalue weighted by atomic mass is 16.5. The molecule has 0 aliphatic heterocycles. The number of anilines is 1. The third-order valence-electron chi connectivity index (χ3n) is 2.74. The number of hydrogen-bond donors (Lipinski definition) is 1. The molecule has 102 valence electrons. The van der Waals surface area contributed by atoms with E-state index in [9.17, 15) is 0 Å². The molecule has 1 aromatic heterocycles. The smallest absolute Gasteiger partial charge is 0.218 e. The van der Waals surface area contributed by atoms with Gasteiger partial charge in [-0.2, -0.15) is 4.98 Å². The monoisotopic (exact) mass is 252 g/mol. The highest BCUT2D eigenvalue weighted by Gasteiger charge is 2.03. The normalized spacial score (nSPS) is 10.7. The van der Waals surface area contributed by atoms with E-state index in [1.807, 2.05) is 19.9 Å². The summed E-state index contributed by atoms with van der Waals surface area (Å²) in [5.74, 6) is 2.19. The van der Waals surface area contributed by atoms with Crippen LogP contribution in [0.2, 0.25) is 0 Å². The fourth-order valence-electron chi connectivity index (χ4n) is 1.73. The highest BCUT2D eigenvalue weighted by molar-refractivity contribution is 5.38. The van der Waals surface area contributed by atoms with Crippen molar-refractivity contribution in [3.63, 3.8) is 0 Å². The molecule has 0 fully saturated rings. The summed E-state index contributed by atoms with van der Waals surface area (Å²) in [5.41, 5.74) is 0. The van der Waals surface area contributed by atoms with Gasteiger partial charge in [0.1, 0.15) is 11.6 Å². The first kappa shape index (κ1) is 14.7. The van der Waals surface area contributed by atoms with Gasteiger partial charge in [-0.25, -0.2) is 4.98 Å². The Morgan fingerprint density at radius 2 is 1.94 bits per heavy atom. The molecule has 5 nitrogen and oxygen atoms in total. The first-order chi connectivity index (χ1) is 8.69. The lowest BCUT2D eigenvalue weighted by molar-refractivity contribution is 0.315. The zero-order valence-electron chi connectivity index (χ0n) is 11.9. The number of hydrogen-bond acceptors (Lipinski definition) is 5. The van der Waals surface area contributed by atoms with E-state index < -0.39 is 0 Å². The molecule has 0 aliphatic carbocycles. The summed E-state index contributed by atoms with van der Waals surface area (Å²) >= 11 is 0. The van der Waals surface area contributed by atoms with Crippen LogP contribution in [0, 0.1) is 6.92 Å². The van der Waals surface area contributed by atoms with E-state index in [-0.39, 0.29) is 0 Å². The first-order valence-electron chi connectivity index (χ1n) is 6.64. The first-order valence-corrected chi connectivity index (χ1v) is 6.64. The second-order valence-electron chi connectivity index (χ2n) is 4.03. The Kier molecular flexibility index (Phi) is 6.43. The van der Waals surface area contributed by atoms with E-state index in [0.717, 1.165) is 37.8 Å². The van der Waals surface area contributed by atoms with Crippen LogP contribution in [0.15, 0.2) is 6.07 Å². The third-order valence-corrected chi connectivity index (χ3v) is 2.74. The standard InChI is InChI=1S/C13H24N4O/c1-5-17(6-2)9-8-14-12-10-13(18-7-3)16-11(4)15-12/h10H,5-9H2,1-4H3,(H,14,15,16). The van der Waals surface area contributed by atoms with E-state index in [1.165, 1.54) is 0 Å². The van der Waals surface area contributed by atoms with Crippen molar-refractivity contribution >= 4 is 5.82 Å². The molecule has 1 aromatic rings. The van der Waals surface area contributed by atoms with Crippen molar-refractivity contribution in [2.24, 2.45) is 0 Å². The number of nitrogens with one attached hydrogen (secondary N) is 1. The van der Waals surface area contributed by atoms with Crippen LogP contribution in [0.3, 0.4) is 0 Å². The predicted molar refractivity (Wildman–Crippen MR) is 74.2 cm³/mol. The van der Waals surface area contributed by atoms with Gasteiger partial charge in [-0.1, -0.05) is 13.8 Å². The summed E-state index contributed by atoms with van der Waals surface area (Å²) in [6.45, 7) is 12.8. The lowest BCUT2D eigenvalue weighted by Crippen LogP contribution is -2.28. The van der Waals surface area contributed by atoms with Gasteiger partial charge >= 0.3 is 0 Å². The predicted octanol–water partition coefficient (Wildman–Crippen LogP) is 1.94. The maximum Gasteiger partial charge on any atom is 0.218 e. The van der Waals surface area contributed by atoms with Gasteiger partial charge in [-0.3, -0.25) is 0 Å². The molecule has 0 unspecified atom stereocenters. The second kappa shape index (κ2) is 7.87. The maximum atomic E-state index is 5.40. The molecule has 5 heteroatoms. The van der Waals surface area contributed by atoms with E-state index in [4.69, 9.17) is 4.74 Å². The topological polar surface area (TPSA) is 50.3 Å². The molecule has 18 heavy (non-hydrogen) atoms. The van der Waals surface area contributed by atoms with Crippen LogP contribution in [0.4, 0.5) is 5.82 Å². The molecule has 1 heterocycles. The lowest BCUT2D eigenvalue weighted by atomic mass is 10.4. The minimum absolute atomic E-state index is 0.620. The minimum atomic E-state index is 0.620. The van der Waals surface area contributed by atoms with Crippen LogP contribution >= 0.6 is 0 Å². The Bertz CT molecular complexity index is 353. The molecule has 0 bridgehead atoms. The average Bonchev–Trinajstić information content (AvgIpc) is 2.34. The SMILES string of the molecule is CCOc1cc(NCCN(CC)CC)nc(C)n1. The summed E-state index contributed by atoms with van der Waals surface area (Å²) in [4.78, 5) is 10.9. The van der Waals surface area contributed by atoms with E-state index in [2.05, 4.69) is 34.0 Å². The van der Waals surface area contributed by atoms with Crippen molar-refractivity contribution in [2.45, 2.75) is 27.7 Å². The van der Waals surface area contributed by atoms with Crippen molar-refractivity contribution in [1.82, 2.24) is 14.9 Å². The molecule has 0 saturated carbocycles. The van der Waals surface area contributed by atoms with E-state index in [1.54, 1.807) is 0 Å². The molecule has 0 atom stereocenters. The Morgan fingerprint density at radius 3 is 2.56 bits per heavy atom. The van der Waals surface area contributed by atoms with E-state index in [0.29, 0.717) is 12.5 Å². The molecule has 0 spiro atoms. The fourth-order valence-corrected chi connectivity index (χ4v) is 1.73. The van der Waals surface area contributed by atoms with Gasteiger partial charge in [0.2, 0.25) is 5.88 Å². The number of nitrogens with zero attached hydrogens (tertiary/aromatic N) is 3. The van der Waals surface area contributed by atoms with Gasteiger partial charge < -0.3 is 15.0 Å². The number of aryl methyl sites for hydroxylation is 1. The molecular weight excluding hydrogens is 228 g/mol. The Balaban J connectivity index is 2.51. The molecule has 1 N–H and O–H groups in total. The largest absolute Gasteiger partial charge is 0.478 e. The molecule has 1 rings (SSSR count). The number of likely N-dealkylation sites (N-methyl/N-ethyl adjacent to an activating group) is 1. The van der Waals surface area contributed by atoms with Crippen LogP contribution < -0.4 is 10.1 Å². The van der Waals surface area contributed by atoms with E-state index >= 15 is 0 Å². The summed E-state index contributed by atoms with van der Waals surface area (Å²) in [5, 5.41) is 3.31. The Hall–Kier alpha value is -1.36. The van der Waals surface area contributed by atoms with Crippen molar-refractivity contribution in [2.75, 3.05) is 38.1 Å². The lowest BCUT2D eigenvalue weighted by Gasteiger charge is -2.18. The third kappa shape index (κ3) is 4.87. The summed E-state index contributed by atoms with van der Waals surface area (Å²) in [6.07, 6.45) is 0. The maximum absolute atomic E-state index is 5.40. The molecule has 0 aliphatic rings. The van der Waals surface area contributed by atoms with Crippen LogP contribution in [0.5, 0.6) is 5.88 Å². The quantitative estimate of drug-likeness (QED) is 0.766. The summed E-state index contributed by atoms with van der Waals surface area (Å²) < 4.78 is 5.40. The molecular formula is C13H24N4O. The zero-order valence-corrected chi connectivity index (χ0v) is 11.9. The van der Waals surface area contributed by atoms with Gasteiger partial charge in [0.25, 0.3) is 0 Å². The number of aromatic nitrogens is 2. The van der Waals surface area contributed by atoms with Crippen LogP contribution in [0.25, 0.3) is 0 Å². The zero-order chi connectivity index (χ0) is 13.4. The second-order valence-corrected chi connectivity index (χ2v) is 4.03. The van der Waals surface area contributed by atoms with Crippen molar-refractivity contribution in [3.05, 3.63) is 11.9 Å². The number of ether oxygens (including phenoxy) is 1. The van der Waals surface area contributed by atoms with Gasteiger partial charge in [0.15, 0.2) is 0 Å². The molecule has 0 aromatic carbocycles. The van der Waals surface area contributed by atoms with Gasteiger partial charge in [-0.15, -0.1) is 0 Å².